The lowest BCUT2D eigenvalue weighted by Gasteiger charge is -2.22. The van der Waals surface area contributed by atoms with Crippen LogP contribution in [0.15, 0.2) is 23.4 Å². The molecule has 0 radical (unpaired) electrons. The number of amides is 1. The first-order valence-electron chi connectivity index (χ1n) is 9.06. The highest BCUT2D eigenvalue weighted by Gasteiger charge is 2.43. The zero-order chi connectivity index (χ0) is 24.0. The Morgan fingerprint density at radius 3 is 2.16 bits per heavy atom. The fraction of sp³-hybridized carbons (Fsp3) is 0.421. The normalized spacial score (nSPS) is 19.4. The van der Waals surface area contributed by atoms with E-state index in [1.54, 1.807) is 13.2 Å². The Kier molecular flexibility index (Phi) is 6.58. The van der Waals surface area contributed by atoms with Crippen molar-refractivity contribution in [1.29, 1.82) is 0 Å². The molecule has 1 aromatic carbocycles. The molecule has 174 valence electrons. The van der Waals surface area contributed by atoms with Crippen molar-refractivity contribution in [1.82, 2.24) is 14.9 Å². The Morgan fingerprint density at radius 2 is 1.66 bits per heavy atom. The highest BCUT2D eigenvalue weighted by molar-refractivity contribution is 7.98. The number of alkyl halides is 6. The monoisotopic (exact) mass is 499 g/mol. The number of hydrogen-bond acceptors (Lipinski definition) is 5. The summed E-state index contributed by atoms with van der Waals surface area (Å²) in [6.07, 6.45) is -10.6. The lowest BCUT2D eigenvalue weighted by Crippen LogP contribution is -2.32. The number of rotatable bonds is 4. The third kappa shape index (κ3) is 4.90. The molecule has 0 aliphatic carbocycles. The van der Waals surface area contributed by atoms with E-state index in [1.807, 2.05) is 0 Å². The molecule has 1 fully saturated rings. The fourth-order valence-corrected chi connectivity index (χ4v) is 3.83. The molecule has 0 saturated carbocycles. The predicted molar refractivity (Wildman–Crippen MR) is 104 cm³/mol. The molecule has 0 bridgehead atoms. The quantitative estimate of drug-likeness (QED) is 0.281. The van der Waals surface area contributed by atoms with Gasteiger partial charge >= 0.3 is 18.4 Å². The molecule has 2 atom stereocenters. The lowest BCUT2D eigenvalue weighted by molar-refractivity contribution is -0.143. The number of aromatic nitrogens is 2. The van der Waals surface area contributed by atoms with Crippen LogP contribution in [0.4, 0.5) is 31.1 Å². The third-order valence-electron chi connectivity index (χ3n) is 4.90. The Balaban J connectivity index is 1.97. The molecule has 0 N–H and O–H groups in total. The van der Waals surface area contributed by atoms with Gasteiger partial charge in [-0.2, -0.15) is 26.3 Å². The summed E-state index contributed by atoms with van der Waals surface area (Å²) >= 11 is 7.47. The van der Waals surface area contributed by atoms with Crippen molar-refractivity contribution in [3.05, 3.63) is 51.3 Å². The molecule has 1 amide bonds. The molecule has 2 aromatic rings. The van der Waals surface area contributed by atoms with Gasteiger partial charge in [-0.25, -0.2) is 14.8 Å². The molecule has 3 rings (SSSR count). The Bertz CT molecular complexity index is 1010. The van der Waals surface area contributed by atoms with Gasteiger partial charge in [0.2, 0.25) is 0 Å². The van der Waals surface area contributed by atoms with E-state index in [0.29, 0.717) is 23.0 Å². The Morgan fingerprint density at radius 1 is 1.09 bits per heavy atom. The Hall–Kier alpha value is -2.21. The van der Waals surface area contributed by atoms with E-state index < -0.39 is 47.3 Å². The van der Waals surface area contributed by atoms with Crippen molar-refractivity contribution >= 4 is 29.5 Å². The summed E-state index contributed by atoms with van der Waals surface area (Å²) in [4.78, 5) is 22.0. The van der Waals surface area contributed by atoms with Crippen molar-refractivity contribution in [2.24, 2.45) is 0 Å². The second-order valence-corrected chi connectivity index (χ2v) is 8.22. The van der Waals surface area contributed by atoms with Crippen LogP contribution in [0, 0.1) is 6.92 Å². The van der Waals surface area contributed by atoms with Crippen LogP contribution in [0.5, 0.6) is 0 Å². The number of thioether (sulfide) groups is 1. The van der Waals surface area contributed by atoms with Gasteiger partial charge in [0.05, 0.1) is 40.1 Å². The van der Waals surface area contributed by atoms with Crippen LogP contribution in [0.25, 0.3) is 0 Å². The van der Waals surface area contributed by atoms with E-state index in [1.165, 1.54) is 18.7 Å². The summed E-state index contributed by atoms with van der Waals surface area (Å²) in [5.41, 5.74) is -2.63. The van der Waals surface area contributed by atoms with Crippen molar-refractivity contribution in [3.8, 4) is 0 Å². The van der Waals surface area contributed by atoms with E-state index in [2.05, 4.69) is 9.97 Å². The summed E-state index contributed by atoms with van der Waals surface area (Å²) in [6, 6.07) is 0.244. The zero-order valence-electron chi connectivity index (χ0n) is 16.8. The lowest BCUT2D eigenvalue weighted by atomic mass is 9.97. The molecule has 1 aliphatic rings. The van der Waals surface area contributed by atoms with Gasteiger partial charge in [0.15, 0.2) is 5.16 Å². The molecule has 5 nitrogen and oxygen atoms in total. The van der Waals surface area contributed by atoms with Gasteiger partial charge in [-0.1, -0.05) is 23.4 Å². The van der Waals surface area contributed by atoms with E-state index in [4.69, 9.17) is 16.3 Å². The summed E-state index contributed by atoms with van der Waals surface area (Å²) in [5, 5.41) is 0.594. The minimum Gasteiger partial charge on any atom is -0.439 e. The largest absolute Gasteiger partial charge is 0.439 e. The summed E-state index contributed by atoms with van der Waals surface area (Å²) in [7, 11) is 0. The van der Waals surface area contributed by atoms with Crippen molar-refractivity contribution < 1.29 is 35.9 Å². The van der Waals surface area contributed by atoms with Gasteiger partial charge in [0, 0.05) is 0 Å². The number of nitrogens with zero attached hydrogens (tertiary/aromatic N) is 3. The molecular formula is C19H16ClF6N3O2S. The first-order chi connectivity index (χ1) is 14.7. The Labute approximate surface area is 188 Å². The fourth-order valence-electron chi connectivity index (χ4n) is 3.25. The van der Waals surface area contributed by atoms with Crippen LogP contribution < -0.4 is 0 Å². The maximum Gasteiger partial charge on any atom is 0.416 e. The SMILES string of the molecule is CSc1nc(C)c(Cl)c(CN2C(=O)O[C@H](c3cc(C(F)(F)F)cc(C(F)(F)F)c3)[C@@H]2C)n1. The molecule has 1 saturated heterocycles. The third-order valence-corrected chi connectivity index (χ3v) is 5.94. The summed E-state index contributed by atoms with van der Waals surface area (Å²) in [6.45, 7) is 2.95. The number of ether oxygens (including phenoxy) is 1. The minimum absolute atomic E-state index is 0.0239. The molecule has 0 spiro atoms. The van der Waals surface area contributed by atoms with Gasteiger partial charge in [0.1, 0.15) is 6.10 Å². The van der Waals surface area contributed by atoms with E-state index in [9.17, 15) is 31.1 Å². The number of aryl methyl sites for hydroxylation is 1. The number of hydrogen-bond donors (Lipinski definition) is 0. The molecule has 1 aliphatic heterocycles. The van der Waals surface area contributed by atoms with E-state index >= 15 is 0 Å². The molecule has 2 heterocycles. The molecular weight excluding hydrogens is 484 g/mol. The average molecular weight is 500 g/mol. The first kappa shape index (κ1) is 24.4. The number of cyclic esters (lactones) is 1. The smallest absolute Gasteiger partial charge is 0.416 e. The second-order valence-electron chi connectivity index (χ2n) is 7.07. The van der Waals surface area contributed by atoms with Gasteiger partial charge in [0.25, 0.3) is 0 Å². The van der Waals surface area contributed by atoms with Crippen LogP contribution in [-0.4, -0.2) is 33.3 Å². The number of halogens is 7. The number of benzene rings is 1. The van der Waals surface area contributed by atoms with Crippen molar-refractivity contribution in [2.45, 2.75) is 50.0 Å². The van der Waals surface area contributed by atoms with Gasteiger partial charge in [-0.3, -0.25) is 4.90 Å². The van der Waals surface area contributed by atoms with E-state index in [-0.39, 0.29) is 23.3 Å². The average Bonchev–Trinajstić information content (AvgIpc) is 2.97. The molecule has 0 unspecified atom stereocenters. The second kappa shape index (κ2) is 8.62. The van der Waals surface area contributed by atoms with Crippen LogP contribution in [0.2, 0.25) is 5.02 Å². The molecule has 13 heteroatoms. The molecule has 32 heavy (non-hydrogen) atoms. The highest BCUT2D eigenvalue weighted by Crippen LogP contribution is 2.41. The van der Waals surface area contributed by atoms with Crippen LogP contribution in [0.1, 0.15) is 41.1 Å². The maximum atomic E-state index is 13.2. The highest BCUT2D eigenvalue weighted by atomic mass is 35.5. The topological polar surface area (TPSA) is 55.3 Å². The van der Waals surface area contributed by atoms with Crippen LogP contribution in [0.3, 0.4) is 0 Å². The van der Waals surface area contributed by atoms with E-state index in [0.717, 1.165) is 4.90 Å². The number of carbonyl (C=O) groups excluding carboxylic acids is 1. The standard InChI is InChI=1S/C19H16ClF6N3O2S/c1-8-14(20)13(28-16(27-8)32-3)7-29-9(2)15(31-17(29)30)10-4-11(18(21,22)23)6-12(5-10)19(24,25)26/h4-6,9,15H,7H2,1-3H3/t9-,15-/m0/s1. The number of carbonyl (C=O) groups is 1. The van der Waals surface area contributed by atoms with Gasteiger partial charge in [-0.05, 0) is 43.9 Å². The van der Waals surface area contributed by atoms with Gasteiger partial charge in [-0.15, -0.1) is 0 Å². The minimum atomic E-state index is -5.01. The van der Waals surface area contributed by atoms with Crippen LogP contribution >= 0.6 is 23.4 Å². The first-order valence-corrected chi connectivity index (χ1v) is 10.7. The van der Waals surface area contributed by atoms with Crippen molar-refractivity contribution in [2.75, 3.05) is 6.26 Å². The predicted octanol–water partition coefficient (Wildman–Crippen LogP) is 6.28. The summed E-state index contributed by atoms with van der Waals surface area (Å²) < 4.78 is 84.4. The van der Waals surface area contributed by atoms with Gasteiger partial charge < -0.3 is 4.74 Å². The van der Waals surface area contributed by atoms with Crippen LogP contribution in [-0.2, 0) is 23.6 Å². The zero-order valence-corrected chi connectivity index (χ0v) is 18.4. The maximum absolute atomic E-state index is 13.2. The summed E-state index contributed by atoms with van der Waals surface area (Å²) in [5.74, 6) is 0. The molecule has 1 aromatic heterocycles. The van der Waals surface area contributed by atoms with Crippen molar-refractivity contribution in [3.63, 3.8) is 0 Å².